The molecule has 0 aliphatic heterocycles. The quantitative estimate of drug-likeness (QED) is 0.247. The number of amides is 1. The third-order valence-corrected chi connectivity index (χ3v) is 5.49. The van der Waals surface area contributed by atoms with E-state index in [0.717, 1.165) is 30.0 Å². The van der Waals surface area contributed by atoms with Crippen LogP contribution in [0, 0.1) is 0 Å². The SMILES string of the molecule is CCCCCCCCCCCCON(CCC)C(=O)c1cc2ccccc2cc1O. The number of rotatable bonds is 15. The zero-order chi connectivity index (χ0) is 21.6. The first kappa shape index (κ1) is 24.2. The summed E-state index contributed by atoms with van der Waals surface area (Å²) in [4.78, 5) is 18.8. The molecule has 0 saturated carbocycles. The zero-order valence-corrected chi connectivity index (χ0v) is 18.9. The molecule has 1 amide bonds. The minimum atomic E-state index is -0.271. The van der Waals surface area contributed by atoms with E-state index in [0.29, 0.717) is 18.7 Å². The van der Waals surface area contributed by atoms with Gasteiger partial charge in [0.05, 0.1) is 12.2 Å². The highest BCUT2D eigenvalue weighted by Crippen LogP contribution is 2.26. The van der Waals surface area contributed by atoms with E-state index in [-0.39, 0.29) is 11.7 Å². The maximum atomic E-state index is 13.0. The van der Waals surface area contributed by atoms with E-state index in [1.54, 1.807) is 12.1 Å². The van der Waals surface area contributed by atoms with Gasteiger partial charge in [0.15, 0.2) is 0 Å². The summed E-state index contributed by atoms with van der Waals surface area (Å²) in [6, 6.07) is 11.1. The van der Waals surface area contributed by atoms with Crippen molar-refractivity contribution < 1.29 is 14.7 Å². The monoisotopic (exact) mass is 413 g/mol. The molecule has 0 unspecified atom stereocenters. The highest BCUT2D eigenvalue weighted by Gasteiger charge is 2.20. The number of carbonyl (C=O) groups excluding carboxylic acids is 1. The van der Waals surface area contributed by atoms with Crippen LogP contribution in [0.25, 0.3) is 10.8 Å². The normalized spacial score (nSPS) is 11.1. The third kappa shape index (κ3) is 7.98. The fraction of sp³-hybridized carbons (Fsp3) is 0.577. The molecule has 0 atom stereocenters. The van der Waals surface area contributed by atoms with Crippen LogP contribution in [0.3, 0.4) is 0 Å². The number of benzene rings is 2. The van der Waals surface area contributed by atoms with Crippen molar-refractivity contribution in [3.05, 3.63) is 42.0 Å². The van der Waals surface area contributed by atoms with Crippen LogP contribution in [0.2, 0.25) is 0 Å². The van der Waals surface area contributed by atoms with E-state index < -0.39 is 0 Å². The van der Waals surface area contributed by atoms with Crippen molar-refractivity contribution >= 4 is 16.7 Å². The van der Waals surface area contributed by atoms with Crippen LogP contribution >= 0.6 is 0 Å². The van der Waals surface area contributed by atoms with Crippen LogP contribution in [-0.4, -0.2) is 29.2 Å². The average molecular weight is 414 g/mol. The second-order valence-corrected chi connectivity index (χ2v) is 8.14. The van der Waals surface area contributed by atoms with Crippen LogP contribution in [0.5, 0.6) is 5.75 Å². The minimum Gasteiger partial charge on any atom is -0.507 e. The molecule has 0 aliphatic rings. The molecule has 0 heterocycles. The molecule has 2 aromatic carbocycles. The zero-order valence-electron chi connectivity index (χ0n) is 18.9. The molecule has 0 saturated heterocycles. The maximum Gasteiger partial charge on any atom is 0.281 e. The number of aromatic hydroxyl groups is 1. The Morgan fingerprint density at radius 1 is 0.833 bits per heavy atom. The van der Waals surface area contributed by atoms with Crippen LogP contribution in [-0.2, 0) is 4.84 Å². The summed E-state index contributed by atoms with van der Waals surface area (Å²) >= 11 is 0. The molecular weight excluding hydrogens is 374 g/mol. The highest BCUT2D eigenvalue weighted by molar-refractivity contribution is 6.01. The van der Waals surface area contributed by atoms with E-state index in [1.807, 2.05) is 31.2 Å². The first-order valence-corrected chi connectivity index (χ1v) is 11.8. The second kappa shape index (κ2) is 14.0. The molecule has 0 radical (unpaired) electrons. The van der Waals surface area contributed by atoms with Crippen molar-refractivity contribution in [3.8, 4) is 5.75 Å². The number of hydroxylamine groups is 2. The van der Waals surface area contributed by atoms with E-state index in [9.17, 15) is 9.90 Å². The molecule has 166 valence electrons. The van der Waals surface area contributed by atoms with Crippen molar-refractivity contribution in [1.29, 1.82) is 0 Å². The van der Waals surface area contributed by atoms with E-state index in [4.69, 9.17) is 4.84 Å². The summed E-state index contributed by atoms with van der Waals surface area (Å²) < 4.78 is 0. The fourth-order valence-corrected chi connectivity index (χ4v) is 3.73. The molecule has 30 heavy (non-hydrogen) atoms. The Labute approximate surface area is 182 Å². The van der Waals surface area contributed by atoms with Gasteiger partial charge in [-0.3, -0.25) is 9.63 Å². The van der Waals surface area contributed by atoms with Gasteiger partial charge in [-0.15, -0.1) is 0 Å². The Balaban J connectivity index is 1.75. The molecule has 4 nitrogen and oxygen atoms in total. The van der Waals surface area contributed by atoms with Gasteiger partial charge in [-0.05, 0) is 35.7 Å². The average Bonchev–Trinajstić information content (AvgIpc) is 2.75. The Morgan fingerprint density at radius 3 is 2.00 bits per heavy atom. The highest BCUT2D eigenvalue weighted by atomic mass is 16.7. The van der Waals surface area contributed by atoms with Gasteiger partial charge in [0, 0.05) is 6.54 Å². The van der Waals surface area contributed by atoms with Gasteiger partial charge in [0.1, 0.15) is 5.75 Å². The largest absolute Gasteiger partial charge is 0.507 e. The van der Waals surface area contributed by atoms with Crippen LogP contribution in [0.1, 0.15) is 94.8 Å². The minimum absolute atomic E-state index is 0.00217. The maximum absolute atomic E-state index is 13.0. The summed E-state index contributed by atoms with van der Waals surface area (Å²) in [5.41, 5.74) is 0.297. The molecule has 0 fully saturated rings. The number of phenols is 1. The van der Waals surface area contributed by atoms with Crippen molar-refractivity contribution in [2.75, 3.05) is 13.2 Å². The number of fused-ring (bicyclic) bond motifs is 1. The second-order valence-electron chi connectivity index (χ2n) is 8.14. The molecule has 1 N–H and O–H groups in total. The van der Waals surface area contributed by atoms with Gasteiger partial charge in [0.25, 0.3) is 5.91 Å². The molecule has 2 aromatic rings. The van der Waals surface area contributed by atoms with Crippen LogP contribution < -0.4 is 0 Å². The lowest BCUT2D eigenvalue weighted by Crippen LogP contribution is -2.32. The van der Waals surface area contributed by atoms with Crippen LogP contribution in [0.15, 0.2) is 36.4 Å². The summed E-state index contributed by atoms with van der Waals surface area (Å²) in [6.45, 7) is 5.33. The van der Waals surface area contributed by atoms with Gasteiger partial charge < -0.3 is 5.11 Å². The lowest BCUT2D eigenvalue weighted by atomic mass is 10.1. The van der Waals surface area contributed by atoms with Gasteiger partial charge in [-0.25, -0.2) is 5.06 Å². The van der Waals surface area contributed by atoms with Crippen LogP contribution in [0.4, 0.5) is 0 Å². The summed E-state index contributed by atoms with van der Waals surface area (Å²) in [6.07, 6.45) is 13.5. The van der Waals surface area contributed by atoms with Gasteiger partial charge in [-0.2, -0.15) is 0 Å². The number of phenolic OH excluding ortho intramolecular Hbond substituents is 1. The van der Waals surface area contributed by atoms with Crippen molar-refractivity contribution in [2.45, 2.75) is 84.5 Å². The van der Waals surface area contributed by atoms with Crippen molar-refractivity contribution in [1.82, 2.24) is 5.06 Å². The Kier molecular flexibility index (Phi) is 11.3. The van der Waals surface area contributed by atoms with Crippen molar-refractivity contribution in [2.24, 2.45) is 0 Å². The summed E-state index contributed by atoms with van der Waals surface area (Å²) in [7, 11) is 0. The van der Waals surface area contributed by atoms with Gasteiger partial charge in [-0.1, -0.05) is 95.9 Å². The number of hydrogen-bond donors (Lipinski definition) is 1. The van der Waals surface area contributed by atoms with Crippen molar-refractivity contribution in [3.63, 3.8) is 0 Å². The smallest absolute Gasteiger partial charge is 0.281 e. The lowest BCUT2D eigenvalue weighted by Gasteiger charge is -2.22. The van der Waals surface area contributed by atoms with E-state index in [2.05, 4.69) is 6.92 Å². The Morgan fingerprint density at radius 2 is 1.40 bits per heavy atom. The Bertz CT molecular complexity index is 759. The predicted molar refractivity (Wildman–Crippen MR) is 125 cm³/mol. The molecule has 0 aliphatic carbocycles. The molecule has 4 heteroatoms. The third-order valence-electron chi connectivity index (χ3n) is 5.49. The Hall–Kier alpha value is -2.07. The summed E-state index contributed by atoms with van der Waals surface area (Å²) in [5.74, 6) is -0.269. The lowest BCUT2D eigenvalue weighted by molar-refractivity contribution is -0.124. The standard InChI is InChI=1S/C26H39NO3/c1-3-5-6-7-8-9-10-11-12-15-19-30-27(18-4-2)26(29)24-20-22-16-13-14-17-23(22)21-25(24)28/h13-14,16-17,20-21,28H,3-12,15,18-19H2,1-2H3. The topological polar surface area (TPSA) is 49.8 Å². The first-order chi connectivity index (χ1) is 14.7. The molecular formula is C26H39NO3. The summed E-state index contributed by atoms with van der Waals surface area (Å²) in [5, 5.41) is 13.6. The number of unbranched alkanes of at least 4 members (excludes halogenated alkanes) is 9. The number of nitrogens with zero attached hydrogens (tertiary/aromatic N) is 1. The first-order valence-electron chi connectivity index (χ1n) is 11.8. The molecule has 0 aromatic heterocycles. The molecule has 0 bridgehead atoms. The van der Waals surface area contributed by atoms with Gasteiger partial charge in [0.2, 0.25) is 0 Å². The molecule has 2 rings (SSSR count). The van der Waals surface area contributed by atoms with E-state index in [1.165, 1.54) is 56.4 Å². The fourth-order valence-electron chi connectivity index (χ4n) is 3.73. The molecule has 0 spiro atoms. The number of carbonyl (C=O) groups is 1. The predicted octanol–water partition coefficient (Wildman–Crippen LogP) is 7.25. The van der Waals surface area contributed by atoms with Gasteiger partial charge >= 0.3 is 0 Å². The number of hydrogen-bond acceptors (Lipinski definition) is 3. The van der Waals surface area contributed by atoms with E-state index >= 15 is 0 Å².